The van der Waals surface area contributed by atoms with Gasteiger partial charge in [0, 0.05) is 28.4 Å². The van der Waals surface area contributed by atoms with Crippen molar-refractivity contribution in [1.29, 1.82) is 0 Å². The van der Waals surface area contributed by atoms with Gasteiger partial charge >= 0.3 is 0 Å². The maximum Gasteiger partial charge on any atom is 0.255 e. The van der Waals surface area contributed by atoms with Gasteiger partial charge in [-0.05, 0) is 57.0 Å². The zero-order valence-corrected chi connectivity index (χ0v) is 16.8. The molecule has 0 saturated heterocycles. The van der Waals surface area contributed by atoms with Gasteiger partial charge in [0.1, 0.15) is 5.82 Å². The fraction of sp³-hybridized carbons (Fsp3) is 0.391. The average molecular weight is 395 g/mol. The van der Waals surface area contributed by atoms with Crippen LogP contribution < -0.4 is 5.32 Å². The van der Waals surface area contributed by atoms with E-state index in [1.54, 1.807) is 19.9 Å². The Morgan fingerprint density at radius 1 is 1.21 bits per heavy atom. The number of amides is 1. The monoisotopic (exact) mass is 395 g/mol. The van der Waals surface area contributed by atoms with E-state index < -0.39 is 17.3 Å². The standard InChI is InChI=1S/C23H26FN3O2/c1-23(2,29)19-13-20-16(14-27(26-20)18-9-4-3-5-10-18)12-21(19)25-22(28)15-7-6-8-17(24)11-15/h6-8,11-14,18,29H,3-5,9-10H2,1-2H3,(H,25,28). The number of anilines is 1. The van der Waals surface area contributed by atoms with Crippen LogP contribution in [0.1, 0.15) is 67.9 Å². The molecule has 1 fully saturated rings. The molecule has 1 saturated carbocycles. The highest BCUT2D eigenvalue weighted by molar-refractivity contribution is 6.05. The van der Waals surface area contributed by atoms with Crippen LogP contribution in [0.4, 0.5) is 10.1 Å². The molecule has 1 aromatic heterocycles. The molecule has 1 aliphatic rings. The SMILES string of the molecule is CC(C)(O)c1cc2nn(C3CCCCC3)cc2cc1NC(=O)c1cccc(F)c1. The van der Waals surface area contributed by atoms with E-state index in [0.717, 1.165) is 23.7 Å². The Morgan fingerprint density at radius 3 is 2.66 bits per heavy atom. The first-order chi connectivity index (χ1) is 13.8. The van der Waals surface area contributed by atoms with Gasteiger partial charge in [0.15, 0.2) is 0 Å². The predicted molar refractivity (Wildman–Crippen MR) is 111 cm³/mol. The molecule has 152 valence electrons. The molecule has 5 nitrogen and oxygen atoms in total. The van der Waals surface area contributed by atoms with Crippen LogP contribution in [0.3, 0.4) is 0 Å². The van der Waals surface area contributed by atoms with Crippen LogP contribution in [-0.4, -0.2) is 20.8 Å². The molecule has 1 aliphatic carbocycles. The lowest BCUT2D eigenvalue weighted by molar-refractivity contribution is 0.0794. The predicted octanol–water partition coefficient (Wildman–Crippen LogP) is 5.16. The topological polar surface area (TPSA) is 67.2 Å². The number of aromatic nitrogens is 2. The van der Waals surface area contributed by atoms with Crippen LogP contribution in [0.5, 0.6) is 0 Å². The van der Waals surface area contributed by atoms with E-state index in [1.807, 2.05) is 23.0 Å². The lowest BCUT2D eigenvalue weighted by Crippen LogP contribution is -2.21. The molecular weight excluding hydrogens is 369 g/mol. The summed E-state index contributed by atoms with van der Waals surface area (Å²) in [6.07, 6.45) is 7.95. The van der Waals surface area contributed by atoms with Crippen molar-refractivity contribution >= 4 is 22.5 Å². The lowest BCUT2D eigenvalue weighted by atomic mass is 9.95. The van der Waals surface area contributed by atoms with E-state index in [1.165, 1.54) is 37.5 Å². The van der Waals surface area contributed by atoms with Crippen molar-refractivity contribution in [2.75, 3.05) is 5.32 Å². The smallest absolute Gasteiger partial charge is 0.255 e. The first-order valence-electron chi connectivity index (χ1n) is 10.1. The van der Waals surface area contributed by atoms with Crippen LogP contribution in [0.15, 0.2) is 42.6 Å². The van der Waals surface area contributed by atoms with Crippen LogP contribution in [-0.2, 0) is 5.60 Å². The molecule has 3 aromatic rings. The molecular formula is C23H26FN3O2. The van der Waals surface area contributed by atoms with Crippen LogP contribution >= 0.6 is 0 Å². The highest BCUT2D eigenvalue weighted by Crippen LogP contribution is 2.34. The zero-order valence-electron chi connectivity index (χ0n) is 16.8. The van der Waals surface area contributed by atoms with Crippen molar-refractivity contribution in [2.24, 2.45) is 0 Å². The molecule has 1 heterocycles. The summed E-state index contributed by atoms with van der Waals surface area (Å²) in [5.41, 5.74) is 0.917. The Bertz CT molecular complexity index is 1050. The number of carbonyl (C=O) groups excluding carboxylic acids is 1. The van der Waals surface area contributed by atoms with Crippen LogP contribution in [0.25, 0.3) is 10.9 Å². The molecule has 1 amide bonds. The van der Waals surface area contributed by atoms with E-state index in [-0.39, 0.29) is 5.56 Å². The highest BCUT2D eigenvalue weighted by Gasteiger charge is 2.24. The number of fused-ring (bicyclic) bond motifs is 1. The lowest BCUT2D eigenvalue weighted by Gasteiger charge is -2.22. The van der Waals surface area contributed by atoms with Gasteiger partial charge in [-0.3, -0.25) is 9.48 Å². The van der Waals surface area contributed by atoms with Gasteiger partial charge in [0.25, 0.3) is 5.91 Å². The normalized spacial score (nSPS) is 15.6. The highest BCUT2D eigenvalue weighted by atomic mass is 19.1. The Kier molecular flexibility index (Phi) is 5.13. The maximum absolute atomic E-state index is 13.5. The third-order valence-corrected chi connectivity index (χ3v) is 5.60. The van der Waals surface area contributed by atoms with E-state index in [4.69, 9.17) is 5.10 Å². The summed E-state index contributed by atoms with van der Waals surface area (Å²) in [5.74, 6) is -0.890. The van der Waals surface area contributed by atoms with Crippen molar-refractivity contribution < 1.29 is 14.3 Å². The number of nitrogens with one attached hydrogen (secondary N) is 1. The third kappa shape index (κ3) is 4.17. The molecule has 0 atom stereocenters. The number of halogens is 1. The van der Waals surface area contributed by atoms with Gasteiger partial charge in [-0.2, -0.15) is 5.10 Å². The summed E-state index contributed by atoms with van der Waals surface area (Å²) in [6.45, 7) is 3.34. The molecule has 0 radical (unpaired) electrons. The second-order valence-corrected chi connectivity index (χ2v) is 8.38. The summed E-state index contributed by atoms with van der Waals surface area (Å²) in [5, 5.41) is 19.2. The first-order valence-corrected chi connectivity index (χ1v) is 10.1. The number of hydrogen-bond acceptors (Lipinski definition) is 3. The maximum atomic E-state index is 13.5. The van der Waals surface area contributed by atoms with Gasteiger partial charge < -0.3 is 10.4 Å². The third-order valence-electron chi connectivity index (χ3n) is 5.60. The molecule has 4 rings (SSSR count). The zero-order chi connectivity index (χ0) is 20.6. The summed E-state index contributed by atoms with van der Waals surface area (Å²) in [7, 11) is 0. The van der Waals surface area contributed by atoms with E-state index >= 15 is 0 Å². The minimum Gasteiger partial charge on any atom is -0.386 e. The molecule has 0 aliphatic heterocycles. The Labute approximate surface area is 169 Å². The fourth-order valence-electron chi connectivity index (χ4n) is 4.06. The van der Waals surface area contributed by atoms with E-state index in [9.17, 15) is 14.3 Å². The quantitative estimate of drug-likeness (QED) is 0.641. The van der Waals surface area contributed by atoms with Gasteiger partial charge in [0.2, 0.25) is 0 Å². The van der Waals surface area contributed by atoms with Crippen molar-refractivity contribution in [2.45, 2.75) is 57.6 Å². The summed E-state index contributed by atoms with van der Waals surface area (Å²) < 4.78 is 15.5. The molecule has 2 aromatic carbocycles. The fourth-order valence-corrected chi connectivity index (χ4v) is 4.06. The minimum absolute atomic E-state index is 0.227. The van der Waals surface area contributed by atoms with Gasteiger partial charge in [-0.25, -0.2) is 4.39 Å². The van der Waals surface area contributed by atoms with Crippen molar-refractivity contribution in [1.82, 2.24) is 9.78 Å². The summed E-state index contributed by atoms with van der Waals surface area (Å²) in [4.78, 5) is 12.7. The Morgan fingerprint density at radius 2 is 1.97 bits per heavy atom. The number of hydrogen-bond donors (Lipinski definition) is 2. The first kappa shape index (κ1) is 19.6. The second kappa shape index (κ2) is 7.59. The molecule has 0 bridgehead atoms. The van der Waals surface area contributed by atoms with Crippen LogP contribution in [0.2, 0.25) is 0 Å². The number of aliphatic hydroxyl groups is 1. The largest absolute Gasteiger partial charge is 0.386 e. The van der Waals surface area contributed by atoms with E-state index in [2.05, 4.69) is 5.32 Å². The van der Waals surface area contributed by atoms with Crippen LogP contribution in [0, 0.1) is 5.82 Å². The molecule has 0 unspecified atom stereocenters. The molecule has 2 N–H and O–H groups in total. The Hall–Kier alpha value is -2.73. The number of rotatable bonds is 4. The number of nitrogens with zero attached hydrogens (tertiary/aromatic N) is 2. The van der Waals surface area contributed by atoms with Crippen molar-refractivity contribution in [3.05, 3.63) is 59.5 Å². The second-order valence-electron chi connectivity index (χ2n) is 8.38. The van der Waals surface area contributed by atoms with Gasteiger partial charge in [-0.1, -0.05) is 25.3 Å². The Balaban J connectivity index is 1.72. The van der Waals surface area contributed by atoms with E-state index in [0.29, 0.717) is 17.3 Å². The molecule has 0 spiro atoms. The number of benzene rings is 2. The number of carbonyl (C=O) groups is 1. The van der Waals surface area contributed by atoms with Gasteiger partial charge in [0.05, 0.1) is 17.2 Å². The van der Waals surface area contributed by atoms with Crippen molar-refractivity contribution in [3.8, 4) is 0 Å². The summed E-state index contributed by atoms with van der Waals surface area (Å²) >= 11 is 0. The van der Waals surface area contributed by atoms with Crippen molar-refractivity contribution in [3.63, 3.8) is 0 Å². The summed E-state index contributed by atoms with van der Waals surface area (Å²) in [6, 6.07) is 9.61. The molecule has 29 heavy (non-hydrogen) atoms. The minimum atomic E-state index is -1.17. The molecule has 6 heteroatoms. The average Bonchev–Trinajstić information content (AvgIpc) is 3.10. The van der Waals surface area contributed by atoms with Gasteiger partial charge in [-0.15, -0.1) is 0 Å².